The van der Waals surface area contributed by atoms with Crippen LogP contribution in [0.25, 0.3) is 0 Å². The molecule has 738 valence electrons. The van der Waals surface area contributed by atoms with Crippen molar-refractivity contribution in [2.45, 2.75) is 74.8 Å². The van der Waals surface area contributed by atoms with Crippen molar-refractivity contribution in [1.29, 1.82) is 0 Å². The predicted molar refractivity (Wildman–Crippen MR) is 492 cm³/mol. The standard InChI is InChI=1S/C27H26O9.C24H26N4O8.C24H22O12.C24H20O9/c1-2-27(18-31-24(28)34-21-12-6-3-7-13-21,19-32-25(29)35-22-14-8-4-9-15-22)20-33-26(30)36-23-16-10-5-11-17-23;1-13(29)25-19-7-5-17(11-21(19)27-15(3)31)23(33)35-9-10-36-24(34)18-6-8-20(26-14(2)30)22(12-18)28-16(4)32;1-13(25)33-19-7-17(8-20(11-19)34-14(2)26)23(29)31-5-6-32-24(30)18-9-21(35-15(3)27)12-22(10-18)36-16(4)28;25-22(30-18-10-4-1-5-11-18)28-16-21(33-24(27)32-20-14-8-3-9-15-20)17-29-23(26)31-19-12-6-2-7-13-19/h3-17H,2,18-20H2,1H3;5-8,11-12H,9-10H2,1-4H3,(H,25,29)(H,26,30)(H,27,31)(H,28,32);7-12H,5-6H2,1-4H3;1-15,21H,16-17H2. The molecule has 4 N–H and O–H groups in total. The lowest BCUT2D eigenvalue weighted by Crippen LogP contribution is -2.40. The molecule has 0 spiro atoms. The molecule has 42 heteroatoms. The number of amides is 4. The normalized spacial score (nSPS) is 10.2. The summed E-state index contributed by atoms with van der Waals surface area (Å²) in [7, 11) is 0. The molecule has 42 nitrogen and oxygen atoms in total. The fourth-order valence-electron chi connectivity index (χ4n) is 11.0. The van der Waals surface area contributed by atoms with E-state index < -0.39 is 121 Å². The lowest BCUT2D eigenvalue weighted by molar-refractivity contribution is -0.133. The van der Waals surface area contributed by atoms with Crippen molar-refractivity contribution in [3.63, 3.8) is 0 Å². The van der Waals surface area contributed by atoms with E-state index in [1.54, 1.807) is 189 Å². The predicted octanol–water partition coefficient (Wildman–Crippen LogP) is 16.0. The van der Waals surface area contributed by atoms with Gasteiger partial charge in [0, 0.05) is 67.5 Å². The van der Waals surface area contributed by atoms with E-state index in [1.165, 1.54) is 100 Å². The SMILES string of the molecule is CC(=O)Nc1ccc(C(=O)OCCOC(=O)c2ccc(NC(C)=O)c(NC(C)=O)c2)cc1NC(C)=O.CC(=O)Oc1cc(OC(C)=O)cc(C(=O)OCCOC(=O)c2cc(OC(C)=O)cc(OC(C)=O)c2)c1.CCC(COC(=O)Oc1ccccc1)(COC(=O)Oc1ccccc1)COC(=O)Oc1ccccc1.O=C(OCC(COC(=O)Oc1ccccc1)OC(=O)Oc1ccccc1)Oc1ccccc1. The van der Waals surface area contributed by atoms with Crippen LogP contribution in [-0.2, 0) is 85.7 Å². The minimum absolute atomic E-state index is 0.0455. The van der Waals surface area contributed by atoms with Crippen molar-refractivity contribution >= 4 is 131 Å². The first kappa shape index (κ1) is 109. The van der Waals surface area contributed by atoms with Gasteiger partial charge in [-0.2, -0.15) is 0 Å². The van der Waals surface area contributed by atoms with Crippen molar-refractivity contribution in [1.82, 2.24) is 0 Å². The summed E-state index contributed by atoms with van der Waals surface area (Å²) in [6.45, 7) is 8.60. The Hall–Kier alpha value is -18.5. The zero-order valence-corrected chi connectivity index (χ0v) is 76.9. The zero-order valence-electron chi connectivity index (χ0n) is 76.9. The van der Waals surface area contributed by atoms with Gasteiger partial charge in [-0.25, -0.2) is 47.9 Å². The number of hydrogen-bond acceptors (Lipinski definition) is 38. The molecule has 0 saturated carbocycles. The molecule has 4 amide bonds. The number of hydrogen-bond donors (Lipinski definition) is 4. The molecule has 0 saturated heterocycles. The first-order chi connectivity index (χ1) is 67.4. The number of nitrogens with one attached hydrogen (secondary N) is 4. The Labute approximate surface area is 804 Å². The Bertz CT molecular complexity index is 5540. The zero-order chi connectivity index (χ0) is 103. The first-order valence-electron chi connectivity index (χ1n) is 42.0. The van der Waals surface area contributed by atoms with Crippen LogP contribution in [-0.4, -0.2) is 174 Å². The Morgan fingerprint density at radius 2 is 0.461 bits per heavy atom. The second kappa shape index (κ2) is 57.9. The molecule has 0 bridgehead atoms. The third-order valence-corrected chi connectivity index (χ3v) is 17.1. The Kier molecular flexibility index (Phi) is 45.0. The number of benzene rings is 10. The maximum atomic E-state index is 12.4. The molecule has 0 aromatic heterocycles. The molecule has 10 rings (SSSR count). The van der Waals surface area contributed by atoms with E-state index in [1.807, 2.05) is 0 Å². The number of anilines is 4. The minimum Gasteiger partial charge on any atom is -0.458 e. The van der Waals surface area contributed by atoms with Crippen molar-refractivity contribution in [2.75, 3.05) is 80.7 Å². The van der Waals surface area contributed by atoms with Gasteiger partial charge in [0.2, 0.25) is 23.6 Å². The number of ether oxygens (including phenoxy) is 20. The van der Waals surface area contributed by atoms with Crippen LogP contribution in [0.3, 0.4) is 0 Å². The summed E-state index contributed by atoms with van der Waals surface area (Å²) in [5, 5.41) is 10.1. The molecule has 0 aliphatic rings. The lowest BCUT2D eigenvalue weighted by Gasteiger charge is -2.30. The van der Waals surface area contributed by atoms with E-state index in [0.29, 0.717) is 35.0 Å². The highest BCUT2D eigenvalue weighted by Gasteiger charge is 2.36. The highest BCUT2D eigenvalue weighted by Crippen LogP contribution is 2.31. The van der Waals surface area contributed by atoms with Gasteiger partial charge in [0.25, 0.3) is 0 Å². The molecular weight excluding hydrogens is 1850 g/mol. The van der Waals surface area contributed by atoms with Crippen LogP contribution in [0, 0.1) is 5.41 Å². The van der Waals surface area contributed by atoms with Gasteiger partial charge in [-0.3, -0.25) is 38.4 Å². The molecule has 0 radical (unpaired) electrons. The summed E-state index contributed by atoms with van der Waals surface area (Å²) in [4.78, 5) is 213. The van der Waals surface area contributed by atoms with Crippen LogP contribution >= 0.6 is 0 Å². The quantitative estimate of drug-likeness (QED) is 0.00931. The van der Waals surface area contributed by atoms with Gasteiger partial charge < -0.3 is 116 Å². The highest BCUT2D eigenvalue weighted by molar-refractivity contribution is 6.03. The van der Waals surface area contributed by atoms with Crippen LogP contribution in [0.4, 0.5) is 51.5 Å². The fraction of sp³-hybridized carbons (Fsp3) is 0.212. The van der Waals surface area contributed by atoms with Crippen LogP contribution in [0.1, 0.15) is 110 Å². The van der Waals surface area contributed by atoms with Crippen LogP contribution < -0.4 is 68.6 Å². The van der Waals surface area contributed by atoms with E-state index in [2.05, 4.69) is 21.3 Å². The average molecular weight is 1950 g/mol. The molecule has 0 heterocycles. The molecule has 0 unspecified atom stereocenters. The van der Waals surface area contributed by atoms with Gasteiger partial charge >= 0.3 is 84.7 Å². The average Bonchev–Trinajstić information content (AvgIpc) is 0.826. The second-order valence-corrected chi connectivity index (χ2v) is 28.6. The molecule has 141 heavy (non-hydrogen) atoms. The third kappa shape index (κ3) is 43.1. The Morgan fingerprint density at radius 1 is 0.234 bits per heavy atom. The number of para-hydroxylation sites is 6. The molecule has 0 fully saturated rings. The summed E-state index contributed by atoms with van der Waals surface area (Å²) in [5.41, 5.74) is -0.000338. The topological polar surface area (TPSA) is 540 Å². The number of esters is 8. The van der Waals surface area contributed by atoms with E-state index in [-0.39, 0.29) is 132 Å². The van der Waals surface area contributed by atoms with E-state index >= 15 is 0 Å². The highest BCUT2D eigenvalue weighted by atomic mass is 16.8. The van der Waals surface area contributed by atoms with Crippen molar-refractivity contribution < 1.29 is 181 Å². The third-order valence-electron chi connectivity index (χ3n) is 17.1. The number of rotatable bonds is 36. The summed E-state index contributed by atoms with van der Waals surface area (Å²) < 4.78 is 101. The van der Waals surface area contributed by atoms with Crippen molar-refractivity contribution in [3.05, 3.63) is 277 Å². The van der Waals surface area contributed by atoms with Gasteiger partial charge in [0.1, 0.15) is 117 Å². The molecular formula is C99H94N4O38. The fourth-order valence-corrected chi connectivity index (χ4v) is 11.0. The number of carbonyl (C=O) groups excluding carboxylic acids is 18. The van der Waals surface area contributed by atoms with Gasteiger partial charge in [-0.1, -0.05) is 116 Å². The second-order valence-electron chi connectivity index (χ2n) is 28.6. The first-order valence-corrected chi connectivity index (χ1v) is 42.0. The minimum atomic E-state index is -1.19. The smallest absolute Gasteiger partial charge is 0.458 e. The van der Waals surface area contributed by atoms with Crippen LogP contribution in [0.5, 0.6) is 57.5 Å². The van der Waals surface area contributed by atoms with Crippen LogP contribution in [0.2, 0.25) is 0 Å². The maximum Gasteiger partial charge on any atom is 0.514 e. The molecule has 10 aromatic carbocycles. The Morgan fingerprint density at radius 3 is 0.695 bits per heavy atom. The number of carbonyl (C=O) groups is 18. The molecule has 0 atom stereocenters. The lowest BCUT2D eigenvalue weighted by atomic mass is 9.88. The van der Waals surface area contributed by atoms with E-state index in [9.17, 15) is 86.3 Å². The Balaban J connectivity index is 0.000000256. The summed E-state index contributed by atoms with van der Waals surface area (Å²) in [6.07, 6.45) is -6.90. The van der Waals surface area contributed by atoms with Gasteiger partial charge in [0.15, 0.2) is 6.10 Å². The summed E-state index contributed by atoms with van der Waals surface area (Å²) in [6, 6.07) is 65.6. The van der Waals surface area contributed by atoms with Gasteiger partial charge in [-0.15, -0.1) is 0 Å². The molecule has 0 aliphatic heterocycles. The van der Waals surface area contributed by atoms with E-state index in [0.717, 1.165) is 27.7 Å². The molecule has 10 aromatic rings. The summed E-state index contributed by atoms with van der Waals surface area (Å²) >= 11 is 0. The summed E-state index contributed by atoms with van der Waals surface area (Å²) in [5.74, 6) is -5.84. The van der Waals surface area contributed by atoms with Crippen molar-refractivity contribution in [3.8, 4) is 57.5 Å². The van der Waals surface area contributed by atoms with Gasteiger partial charge in [0.05, 0.1) is 50.4 Å². The monoisotopic (exact) mass is 1950 g/mol. The van der Waals surface area contributed by atoms with Gasteiger partial charge in [-0.05, 0) is 140 Å². The largest absolute Gasteiger partial charge is 0.514 e. The van der Waals surface area contributed by atoms with Crippen LogP contribution in [0.15, 0.2) is 255 Å². The molecule has 0 aliphatic carbocycles. The van der Waals surface area contributed by atoms with Crippen molar-refractivity contribution in [2.24, 2.45) is 5.41 Å². The maximum absolute atomic E-state index is 12.4. The van der Waals surface area contributed by atoms with E-state index in [4.69, 9.17) is 94.7 Å².